The third-order valence-corrected chi connectivity index (χ3v) is 6.06. The number of thioether (sulfide) groups is 1. The van der Waals surface area contributed by atoms with Gasteiger partial charge in [-0.3, -0.25) is 4.79 Å². The topological polar surface area (TPSA) is 57.0 Å². The summed E-state index contributed by atoms with van der Waals surface area (Å²) in [7, 11) is 0. The van der Waals surface area contributed by atoms with Crippen LogP contribution in [-0.2, 0) is 0 Å². The molecule has 3 rings (SSSR count). The van der Waals surface area contributed by atoms with E-state index in [0.29, 0.717) is 11.5 Å². The first-order valence-electron chi connectivity index (χ1n) is 8.59. The van der Waals surface area contributed by atoms with Gasteiger partial charge < -0.3 is 4.90 Å². The van der Waals surface area contributed by atoms with Crippen LogP contribution in [0.5, 0.6) is 0 Å². The predicted molar refractivity (Wildman–Crippen MR) is 91.2 cm³/mol. The van der Waals surface area contributed by atoms with Gasteiger partial charge in [-0.2, -0.15) is 5.26 Å². The normalized spacial score (nSPS) is 20.2. The largest absolute Gasteiger partial charge is 0.339 e. The van der Waals surface area contributed by atoms with Crippen molar-refractivity contribution >= 4 is 17.7 Å². The minimum atomic E-state index is -0.0251. The summed E-state index contributed by atoms with van der Waals surface area (Å²) < 4.78 is 0. The second-order valence-corrected chi connectivity index (χ2v) is 7.61. The molecule has 1 unspecified atom stereocenters. The van der Waals surface area contributed by atoms with E-state index in [1.165, 1.54) is 19.3 Å². The lowest BCUT2D eigenvalue weighted by molar-refractivity contribution is 0.0792. The zero-order valence-corrected chi connectivity index (χ0v) is 14.2. The van der Waals surface area contributed by atoms with Crippen molar-refractivity contribution in [3.8, 4) is 6.07 Å². The van der Waals surface area contributed by atoms with Crippen molar-refractivity contribution in [1.29, 1.82) is 5.26 Å². The monoisotopic (exact) mass is 329 g/mol. The second-order valence-electron chi connectivity index (χ2n) is 6.45. The molecule has 1 aliphatic heterocycles. The van der Waals surface area contributed by atoms with Crippen LogP contribution in [0.25, 0.3) is 0 Å². The average Bonchev–Trinajstić information content (AvgIpc) is 3.15. The molecule has 1 saturated heterocycles. The molecule has 4 nitrogen and oxygen atoms in total. The van der Waals surface area contributed by atoms with Gasteiger partial charge in [0, 0.05) is 19.3 Å². The summed E-state index contributed by atoms with van der Waals surface area (Å²) in [6.45, 7) is 1.71. The minimum Gasteiger partial charge on any atom is -0.339 e. The molecule has 0 radical (unpaired) electrons. The number of aromatic nitrogens is 1. The molecule has 5 heteroatoms. The van der Waals surface area contributed by atoms with Crippen molar-refractivity contribution < 1.29 is 4.79 Å². The molecule has 1 amide bonds. The summed E-state index contributed by atoms with van der Waals surface area (Å²) in [5.41, 5.74) is 0.655. The van der Waals surface area contributed by atoms with Gasteiger partial charge in [0.2, 0.25) is 0 Å². The van der Waals surface area contributed by atoms with Crippen LogP contribution in [0.2, 0.25) is 0 Å². The lowest BCUT2D eigenvalue weighted by atomic mass is 9.87. The molecule has 2 fully saturated rings. The Morgan fingerprint density at radius 2 is 1.96 bits per heavy atom. The summed E-state index contributed by atoms with van der Waals surface area (Å²) in [4.78, 5) is 18.6. The molecule has 122 valence electrons. The molecule has 1 aromatic rings. The average molecular weight is 329 g/mol. The Labute approximate surface area is 142 Å². The molecule has 2 aliphatic rings. The highest BCUT2D eigenvalue weighted by Crippen LogP contribution is 2.35. The molecule has 0 bridgehead atoms. The third kappa shape index (κ3) is 4.06. The molecule has 1 aliphatic carbocycles. The minimum absolute atomic E-state index is 0.0251. The van der Waals surface area contributed by atoms with Crippen LogP contribution in [0, 0.1) is 17.2 Å². The van der Waals surface area contributed by atoms with Crippen molar-refractivity contribution in [2.75, 3.05) is 13.1 Å². The van der Waals surface area contributed by atoms with Crippen LogP contribution in [0.15, 0.2) is 23.4 Å². The molecule has 1 saturated carbocycles. The molecule has 1 aromatic heterocycles. The highest BCUT2D eigenvalue weighted by atomic mass is 32.2. The van der Waals surface area contributed by atoms with Crippen molar-refractivity contribution in [1.82, 2.24) is 9.88 Å². The predicted octanol–water partition coefficient (Wildman–Crippen LogP) is 3.88. The van der Waals surface area contributed by atoms with Gasteiger partial charge in [0.1, 0.15) is 5.25 Å². The second kappa shape index (κ2) is 7.83. The van der Waals surface area contributed by atoms with Crippen molar-refractivity contribution in [2.45, 2.75) is 55.2 Å². The molecule has 0 spiro atoms. The van der Waals surface area contributed by atoms with Crippen LogP contribution in [0.3, 0.4) is 0 Å². The van der Waals surface area contributed by atoms with E-state index in [0.717, 1.165) is 43.8 Å². The van der Waals surface area contributed by atoms with Gasteiger partial charge >= 0.3 is 0 Å². The van der Waals surface area contributed by atoms with E-state index in [-0.39, 0.29) is 11.2 Å². The van der Waals surface area contributed by atoms with Gasteiger partial charge in [0.25, 0.3) is 5.91 Å². The molecule has 0 N–H and O–H groups in total. The van der Waals surface area contributed by atoms with Crippen molar-refractivity contribution in [3.05, 3.63) is 23.9 Å². The van der Waals surface area contributed by atoms with Crippen LogP contribution in [0.1, 0.15) is 55.3 Å². The number of carbonyl (C=O) groups excluding carboxylic acids is 1. The highest BCUT2D eigenvalue weighted by molar-refractivity contribution is 8.00. The van der Waals surface area contributed by atoms with Gasteiger partial charge in [-0.25, -0.2) is 4.98 Å². The standard InChI is InChI=1S/C18H23N3OS/c19-12-16(14-6-2-1-3-7-14)23-17-9-8-15(13-20-17)18(22)21-10-4-5-11-21/h8-9,13-14,16H,1-7,10-11H2. The van der Waals surface area contributed by atoms with E-state index in [1.54, 1.807) is 18.0 Å². The number of likely N-dealkylation sites (tertiary alicyclic amines) is 1. The number of nitriles is 1. The van der Waals surface area contributed by atoms with Crippen LogP contribution >= 0.6 is 11.8 Å². The van der Waals surface area contributed by atoms with E-state index < -0.39 is 0 Å². The number of hydrogen-bond acceptors (Lipinski definition) is 4. The fraction of sp³-hybridized carbons (Fsp3) is 0.611. The number of nitrogens with zero attached hydrogens (tertiary/aromatic N) is 3. The first-order chi connectivity index (χ1) is 11.3. The van der Waals surface area contributed by atoms with Crippen molar-refractivity contribution in [2.24, 2.45) is 5.92 Å². The Kier molecular flexibility index (Phi) is 5.56. The number of pyridine rings is 1. The smallest absolute Gasteiger partial charge is 0.255 e. The zero-order chi connectivity index (χ0) is 16.1. The first-order valence-corrected chi connectivity index (χ1v) is 9.47. The first kappa shape index (κ1) is 16.3. The Hall–Kier alpha value is -1.54. The Morgan fingerprint density at radius 3 is 2.57 bits per heavy atom. The number of carbonyl (C=O) groups is 1. The maximum Gasteiger partial charge on any atom is 0.255 e. The summed E-state index contributed by atoms with van der Waals surface area (Å²) in [6.07, 6.45) is 9.92. The SMILES string of the molecule is N#CC(Sc1ccc(C(=O)N2CCCC2)cn1)C1CCCCC1. The summed E-state index contributed by atoms with van der Waals surface area (Å²) in [5.74, 6) is 0.558. The zero-order valence-electron chi connectivity index (χ0n) is 13.4. The molecular formula is C18H23N3OS. The van der Waals surface area contributed by atoms with E-state index >= 15 is 0 Å². The van der Waals surface area contributed by atoms with E-state index in [4.69, 9.17) is 0 Å². The Bertz CT molecular complexity index is 569. The van der Waals surface area contributed by atoms with Gasteiger partial charge in [0.15, 0.2) is 0 Å². The summed E-state index contributed by atoms with van der Waals surface area (Å²) in [6, 6.07) is 6.19. The van der Waals surface area contributed by atoms with Gasteiger partial charge in [-0.15, -0.1) is 0 Å². The van der Waals surface area contributed by atoms with Crippen molar-refractivity contribution in [3.63, 3.8) is 0 Å². The maximum atomic E-state index is 12.3. The Balaban J connectivity index is 1.62. The van der Waals surface area contributed by atoms with Gasteiger partial charge in [-0.1, -0.05) is 31.0 Å². The van der Waals surface area contributed by atoms with Crippen LogP contribution in [0.4, 0.5) is 0 Å². The molecular weight excluding hydrogens is 306 g/mol. The molecule has 2 heterocycles. The third-order valence-electron chi connectivity index (χ3n) is 4.83. The highest BCUT2D eigenvalue weighted by Gasteiger charge is 2.25. The van der Waals surface area contributed by atoms with E-state index in [9.17, 15) is 10.1 Å². The summed E-state index contributed by atoms with van der Waals surface area (Å²) in [5, 5.41) is 10.3. The molecule has 0 aromatic carbocycles. The van der Waals surface area contributed by atoms with Gasteiger partial charge in [-0.05, 0) is 43.7 Å². The lowest BCUT2D eigenvalue weighted by Crippen LogP contribution is -2.27. The van der Waals surface area contributed by atoms with Crippen LogP contribution < -0.4 is 0 Å². The maximum absolute atomic E-state index is 12.3. The quantitative estimate of drug-likeness (QED) is 0.787. The molecule has 23 heavy (non-hydrogen) atoms. The summed E-state index contributed by atoms with van der Waals surface area (Å²) >= 11 is 1.55. The molecule has 1 atom stereocenters. The lowest BCUT2D eigenvalue weighted by Gasteiger charge is -2.25. The van der Waals surface area contributed by atoms with E-state index in [2.05, 4.69) is 11.1 Å². The fourth-order valence-electron chi connectivity index (χ4n) is 3.47. The number of rotatable bonds is 4. The van der Waals surface area contributed by atoms with Crippen LogP contribution in [-0.4, -0.2) is 34.1 Å². The number of amides is 1. The fourth-order valence-corrected chi connectivity index (χ4v) is 4.51. The Morgan fingerprint density at radius 1 is 1.22 bits per heavy atom. The number of hydrogen-bond donors (Lipinski definition) is 0. The van der Waals surface area contributed by atoms with E-state index in [1.807, 2.05) is 17.0 Å². The van der Waals surface area contributed by atoms with Gasteiger partial charge in [0.05, 0.1) is 16.7 Å².